The fourth-order valence-corrected chi connectivity index (χ4v) is 2.49. The van der Waals surface area contributed by atoms with Crippen LogP contribution in [0.25, 0.3) is 0 Å². The predicted octanol–water partition coefficient (Wildman–Crippen LogP) is 4.51. The van der Waals surface area contributed by atoms with Gasteiger partial charge in [0.2, 0.25) is 0 Å². The lowest BCUT2D eigenvalue weighted by molar-refractivity contribution is 0.780. The van der Waals surface area contributed by atoms with Gasteiger partial charge >= 0.3 is 0 Å². The molecule has 0 radical (unpaired) electrons. The standard InChI is InChI=1S/C12H14Cl2N2/c1-6(2)9-8(5-15)11(13)16-12(14)10(9)7(3)4/h6-7H,1-4H3. The fraction of sp³-hybridized carbons (Fsp3) is 0.500. The van der Waals surface area contributed by atoms with Crippen LogP contribution in [0.5, 0.6) is 0 Å². The van der Waals surface area contributed by atoms with Crippen LogP contribution in [-0.2, 0) is 0 Å². The Hall–Kier alpha value is -0.780. The van der Waals surface area contributed by atoms with E-state index in [2.05, 4.69) is 11.1 Å². The molecule has 0 aliphatic carbocycles. The van der Waals surface area contributed by atoms with Gasteiger partial charge in [-0.05, 0) is 23.0 Å². The number of hydrogen-bond acceptors (Lipinski definition) is 2. The monoisotopic (exact) mass is 256 g/mol. The summed E-state index contributed by atoms with van der Waals surface area (Å²) in [4.78, 5) is 4.02. The Bertz CT molecular complexity index is 445. The van der Waals surface area contributed by atoms with Crippen molar-refractivity contribution in [3.05, 3.63) is 27.0 Å². The first kappa shape index (κ1) is 13.3. The smallest absolute Gasteiger partial charge is 0.148 e. The van der Waals surface area contributed by atoms with Crippen LogP contribution in [0.15, 0.2) is 0 Å². The van der Waals surface area contributed by atoms with E-state index in [1.807, 2.05) is 27.7 Å². The number of nitrogens with zero attached hydrogens (tertiary/aromatic N) is 2. The highest BCUT2D eigenvalue weighted by Gasteiger charge is 2.21. The van der Waals surface area contributed by atoms with Crippen molar-refractivity contribution >= 4 is 23.2 Å². The van der Waals surface area contributed by atoms with E-state index in [0.29, 0.717) is 10.7 Å². The van der Waals surface area contributed by atoms with Crippen LogP contribution in [0, 0.1) is 11.3 Å². The van der Waals surface area contributed by atoms with Crippen molar-refractivity contribution in [3.63, 3.8) is 0 Å². The number of pyridine rings is 1. The average Bonchev–Trinajstić information content (AvgIpc) is 2.15. The van der Waals surface area contributed by atoms with Crippen molar-refractivity contribution in [2.75, 3.05) is 0 Å². The van der Waals surface area contributed by atoms with Gasteiger partial charge in [0.05, 0.1) is 5.56 Å². The molecule has 0 aliphatic heterocycles. The zero-order chi connectivity index (χ0) is 12.5. The molecular weight excluding hydrogens is 243 g/mol. The van der Waals surface area contributed by atoms with Gasteiger partial charge < -0.3 is 0 Å². The third kappa shape index (κ3) is 2.31. The Morgan fingerprint density at radius 2 is 1.50 bits per heavy atom. The van der Waals surface area contributed by atoms with Crippen molar-refractivity contribution in [1.29, 1.82) is 5.26 Å². The lowest BCUT2D eigenvalue weighted by Gasteiger charge is -2.19. The summed E-state index contributed by atoms with van der Waals surface area (Å²) in [5.74, 6) is 0.423. The van der Waals surface area contributed by atoms with Gasteiger partial charge in [-0.15, -0.1) is 0 Å². The van der Waals surface area contributed by atoms with E-state index >= 15 is 0 Å². The van der Waals surface area contributed by atoms with E-state index in [9.17, 15) is 0 Å². The van der Waals surface area contributed by atoms with E-state index in [4.69, 9.17) is 28.5 Å². The SMILES string of the molecule is CC(C)c1c(Cl)nc(Cl)c(C#N)c1C(C)C. The largest absolute Gasteiger partial charge is 0.223 e. The Kier molecular flexibility index (Phi) is 4.18. The number of hydrogen-bond donors (Lipinski definition) is 0. The van der Waals surface area contributed by atoms with Gasteiger partial charge in [0, 0.05) is 0 Å². The molecule has 0 N–H and O–H groups in total. The summed E-state index contributed by atoms with van der Waals surface area (Å²) in [5.41, 5.74) is 2.30. The molecule has 0 aromatic carbocycles. The Morgan fingerprint density at radius 1 is 1.00 bits per heavy atom. The van der Waals surface area contributed by atoms with Gasteiger partial charge in [-0.25, -0.2) is 4.98 Å². The van der Waals surface area contributed by atoms with Crippen LogP contribution < -0.4 is 0 Å². The molecule has 0 spiro atoms. The van der Waals surface area contributed by atoms with Gasteiger partial charge in [0.25, 0.3) is 0 Å². The minimum Gasteiger partial charge on any atom is -0.223 e. The third-order valence-corrected chi connectivity index (χ3v) is 3.01. The molecule has 0 fully saturated rings. The van der Waals surface area contributed by atoms with E-state index in [0.717, 1.165) is 11.1 Å². The summed E-state index contributed by atoms with van der Waals surface area (Å²) < 4.78 is 0. The first-order chi connectivity index (χ1) is 7.40. The van der Waals surface area contributed by atoms with E-state index in [1.165, 1.54) is 0 Å². The van der Waals surface area contributed by atoms with Gasteiger partial charge in [-0.2, -0.15) is 5.26 Å². The molecule has 2 nitrogen and oxygen atoms in total. The molecule has 1 heterocycles. The first-order valence-electron chi connectivity index (χ1n) is 5.19. The summed E-state index contributed by atoms with van der Waals surface area (Å²) in [6.45, 7) is 8.11. The summed E-state index contributed by atoms with van der Waals surface area (Å²) in [6.07, 6.45) is 0. The van der Waals surface area contributed by atoms with Gasteiger partial charge in [-0.3, -0.25) is 0 Å². The molecule has 0 saturated carbocycles. The maximum absolute atomic E-state index is 9.13. The lowest BCUT2D eigenvalue weighted by atomic mass is 9.89. The Morgan fingerprint density at radius 3 is 1.88 bits per heavy atom. The molecule has 0 saturated heterocycles. The number of rotatable bonds is 2. The van der Waals surface area contributed by atoms with Crippen molar-refractivity contribution in [1.82, 2.24) is 4.98 Å². The molecule has 0 amide bonds. The van der Waals surface area contributed by atoms with Crippen LogP contribution >= 0.6 is 23.2 Å². The van der Waals surface area contributed by atoms with Crippen molar-refractivity contribution in [2.24, 2.45) is 0 Å². The van der Waals surface area contributed by atoms with E-state index in [1.54, 1.807) is 0 Å². The molecule has 0 bridgehead atoms. The number of nitriles is 1. The average molecular weight is 257 g/mol. The van der Waals surface area contributed by atoms with Crippen LogP contribution in [0.3, 0.4) is 0 Å². The van der Waals surface area contributed by atoms with E-state index in [-0.39, 0.29) is 17.0 Å². The second kappa shape index (κ2) is 5.03. The highest BCUT2D eigenvalue weighted by Crippen LogP contribution is 2.36. The second-order valence-electron chi connectivity index (χ2n) is 4.32. The molecule has 0 aliphatic rings. The minimum absolute atomic E-state index is 0.195. The number of aromatic nitrogens is 1. The van der Waals surface area contributed by atoms with Crippen LogP contribution in [0.4, 0.5) is 0 Å². The normalized spacial score (nSPS) is 10.9. The molecule has 0 unspecified atom stereocenters. The Balaban J connectivity index is 3.67. The van der Waals surface area contributed by atoms with Crippen molar-refractivity contribution in [3.8, 4) is 6.07 Å². The van der Waals surface area contributed by atoms with Gasteiger partial charge in [-0.1, -0.05) is 50.9 Å². The van der Waals surface area contributed by atoms with E-state index < -0.39 is 0 Å². The molecule has 1 aromatic rings. The molecule has 16 heavy (non-hydrogen) atoms. The molecule has 86 valence electrons. The molecule has 1 rings (SSSR count). The topological polar surface area (TPSA) is 36.7 Å². The second-order valence-corrected chi connectivity index (χ2v) is 5.03. The minimum atomic E-state index is 0.195. The Labute approximate surface area is 106 Å². The maximum Gasteiger partial charge on any atom is 0.148 e. The molecule has 4 heteroatoms. The molecule has 0 atom stereocenters. The first-order valence-corrected chi connectivity index (χ1v) is 5.94. The zero-order valence-electron chi connectivity index (χ0n) is 9.81. The van der Waals surface area contributed by atoms with Crippen LogP contribution in [0.1, 0.15) is 56.2 Å². The molecular formula is C12H14Cl2N2. The zero-order valence-corrected chi connectivity index (χ0v) is 11.3. The predicted molar refractivity (Wildman–Crippen MR) is 67.2 cm³/mol. The number of halogens is 2. The molecule has 1 aromatic heterocycles. The highest BCUT2D eigenvalue weighted by atomic mass is 35.5. The third-order valence-electron chi connectivity index (χ3n) is 2.45. The summed E-state index contributed by atoms with van der Waals surface area (Å²) in [5, 5.41) is 9.73. The summed E-state index contributed by atoms with van der Waals surface area (Å²) >= 11 is 12.0. The fourth-order valence-electron chi connectivity index (χ4n) is 1.81. The van der Waals surface area contributed by atoms with Crippen LogP contribution in [0.2, 0.25) is 10.3 Å². The highest BCUT2D eigenvalue weighted by molar-refractivity contribution is 6.33. The maximum atomic E-state index is 9.13. The quantitative estimate of drug-likeness (QED) is 0.731. The van der Waals surface area contributed by atoms with Crippen LogP contribution in [-0.4, -0.2) is 4.98 Å². The summed E-state index contributed by atoms with van der Waals surface area (Å²) in [7, 11) is 0. The van der Waals surface area contributed by atoms with Crippen molar-refractivity contribution in [2.45, 2.75) is 39.5 Å². The van der Waals surface area contributed by atoms with Crippen molar-refractivity contribution < 1.29 is 0 Å². The summed E-state index contributed by atoms with van der Waals surface area (Å²) in [6, 6.07) is 2.11. The van der Waals surface area contributed by atoms with Gasteiger partial charge in [0.1, 0.15) is 16.4 Å². The van der Waals surface area contributed by atoms with Gasteiger partial charge in [0.15, 0.2) is 0 Å². The lowest BCUT2D eigenvalue weighted by Crippen LogP contribution is -2.06.